The quantitative estimate of drug-likeness (QED) is 0.0918. The van der Waals surface area contributed by atoms with Gasteiger partial charge in [-0.3, -0.25) is 4.57 Å². The maximum Gasteiger partial charge on any atom is 0.234 e. The Kier molecular flexibility index (Phi) is 12.2. The Hall–Kier alpha value is -5.94. The molecule has 0 spiro atoms. The number of hydrogen-bond acceptors (Lipinski definition) is 3. The SMILES string of the molecule is CCCCCCCCc1cccc(C2=NC(n3c4ccccc4c4ccc5c6ccccc6n(-c6ccccc6)c5c43)=NC(c3cccc(CCCCCCCC)c3)N2)c1. The van der Waals surface area contributed by atoms with Crippen LogP contribution in [0.3, 0.4) is 0 Å². The van der Waals surface area contributed by atoms with Crippen molar-refractivity contribution < 1.29 is 0 Å². The summed E-state index contributed by atoms with van der Waals surface area (Å²) in [6, 6.07) is 51.1. The summed E-state index contributed by atoms with van der Waals surface area (Å²) in [5.74, 6) is 1.55. The zero-order chi connectivity index (χ0) is 40.7. The number of aromatic nitrogens is 2. The van der Waals surface area contributed by atoms with Crippen LogP contribution < -0.4 is 5.32 Å². The summed E-state index contributed by atoms with van der Waals surface area (Å²) in [6.07, 6.45) is 17.4. The maximum atomic E-state index is 5.58. The number of aliphatic imine (C=N–C) groups is 2. The molecule has 0 amide bonds. The summed E-state index contributed by atoms with van der Waals surface area (Å²) in [5, 5.41) is 8.67. The molecule has 0 bridgehead atoms. The largest absolute Gasteiger partial charge is 0.344 e. The van der Waals surface area contributed by atoms with E-state index in [0.717, 1.165) is 52.0 Å². The second-order valence-electron chi connectivity index (χ2n) is 16.8. The van der Waals surface area contributed by atoms with E-state index in [4.69, 9.17) is 9.98 Å². The molecule has 5 heteroatoms. The van der Waals surface area contributed by atoms with E-state index in [0.29, 0.717) is 5.96 Å². The fraction of sp³-hybridized carbons (Fsp3) is 0.309. The minimum absolute atomic E-state index is 0.311. The molecular formula is C55H59N5. The third-order valence-corrected chi connectivity index (χ3v) is 12.5. The van der Waals surface area contributed by atoms with Crippen LogP contribution in [0, 0.1) is 0 Å². The highest BCUT2D eigenvalue weighted by molar-refractivity contribution is 6.26. The first-order valence-electron chi connectivity index (χ1n) is 22.8. The normalized spacial score (nSPS) is 14.3. The zero-order valence-corrected chi connectivity index (χ0v) is 35.5. The van der Waals surface area contributed by atoms with Crippen LogP contribution in [0.2, 0.25) is 0 Å². The van der Waals surface area contributed by atoms with Crippen LogP contribution in [0.15, 0.2) is 150 Å². The molecule has 1 N–H and O–H groups in total. The minimum atomic E-state index is -0.311. The molecule has 9 rings (SSSR count). The topological polar surface area (TPSA) is 46.6 Å². The molecule has 1 unspecified atom stereocenters. The first-order valence-corrected chi connectivity index (χ1v) is 22.8. The summed E-state index contributed by atoms with van der Waals surface area (Å²) >= 11 is 0. The highest BCUT2D eigenvalue weighted by Crippen LogP contribution is 2.41. The molecule has 1 atom stereocenters. The number of fused-ring (bicyclic) bond motifs is 7. The molecule has 6 aromatic carbocycles. The number of benzene rings is 6. The van der Waals surface area contributed by atoms with Crippen molar-refractivity contribution in [2.75, 3.05) is 0 Å². The lowest BCUT2D eigenvalue weighted by molar-refractivity contribution is 0.606. The van der Waals surface area contributed by atoms with Gasteiger partial charge in [0.2, 0.25) is 5.96 Å². The highest BCUT2D eigenvalue weighted by atomic mass is 15.3. The van der Waals surface area contributed by atoms with Crippen molar-refractivity contribution >= 4 is 55.4 Å². The number of amidine groups is 1. The Morgan fingerprint density at radius 2 is 1.03 bits per heavy atom. The summed E-state index contributed by atoms with van der Waals surface area (Å²) in [6.45, 7) is 4.57. The molecule has 0 aliphatic carbocycles. The molecule has 5 nitrogen and oxygen atoms in total. The van der Waals surface area contributed by atoms with Gasteiger partial charge in [-0.1, -0.05) is 187 Å². The molecule has 2 aromatic heterocycles. The van der Waals surface area contributed by atoms with Crippen molar-refractivity contribution in [3.63, 3.8) is 0 Å². The van der Waals surface area contributed by atoms with E-state index in [9.17, 15) is 0 Å². The van der Waals surface area contributed by atoms with Gasteiger partial charge in [-0.25, -0.2) is 4.99 Å². The molecule has 1 aliphatic heterocycles. The number of para-hydroxylation sites is 3. The fourth-order valence-electron chi connectivity index (χ4n) is 9.42. The van der Waals surface area contributed by atoms with E-state index in [1.165, 1.54) is 115 Å². The molecular weight excluding hydrogens is 731 g/mol. The monoisotopic (exact) mass is 789 g/mol. The van der Waals surface area contributed by atoms with E-state index in [2.05, 4.69) is 168 Å². The predicted molar refractivity (Wildman–Crippen MR) is 256 cm³/mol. The van der Waals surface area contributed by atoms with Crippen molar-refractivity contribution in [2.45, 2.75) is 110 Å². The molecule has 0 saturated carbocycles. The number of hydrogen-bond donors (Lipinski definition) is 1. The lowest BCUT2D eigenvalue weighted by Gasteiger charge is -2.25. The van der Waals surface area contributed by atoms with Gasteiger partial charge in [-0.05, 0) is 72.7 Å². The van der Waals surface area contributed by atoms with Gasteiger partial charge in [-0.2, -0.15) is 4.99 Å². The van der Waals surface area contributed by atoms with Gasteiger partial charge in [-0.15, -0.1) is 0 Å². The molecule has 60 heavy (non-hydrogen) atoms. The maximum absolute atomic E-state index is 5.58. The van der Waals surface area contributed by atoms with Gasteiger partial charge in [0, 0.05) is 32.8 Å². The van der Waals surface area contributed by atoms with Gasteiger partial charge in [0.15, 0.2) is 0 Å². The third-order valence-electron chi connectivity index (χ3n) is 12.5. The molecule has 1 aliphatic rings. The van der Waals surface area contributed by atoms with Crippen LogP contribution in [0.25, 0.3) is 49.3 Å². The Labute approximate surface area is 355 Å². The summed E-state index contributed by atoms with van der Waals surface area (Å²) in [5.41, 5.74) is 10.7. The third kappa shape index (κ3) is 8.15. The molecule has 3 heterocycles. The highest BCUT2D eigenvalue weighted by Gasteiger charge is 2.27. The second kappa shape index (κ2) is 18.5. The summed E-state index contributed by atoms with van der Waals surface area (Å²) < 4.78 is 4.78. The van der Waals surface area contributed by atoms with Gasteiger partial charge < -0.3 is 9.88 Å². The van der Waals surface area contributed by atoms with Crippen LogP contribution in [0.5, 0.6) is 0 Å². The Morgan fingerprint density at radius 1 is 0.483 bits per heavy atom. The number of unbranched alkanes of at least 4 members (excludes halogenated alkanes) is 10. The van der Waals surface area contributed by atoms with Crippen molar-refractivity contribution in [3.8, 4) is 5.69 Å². The molecule has 0 saturated heterocycles. The van der Waals surface area contributed by atoms with Crippen molar-refractivity contribution in [3.05, 3.63) is 162 Å². The standard InChI is InChI=1S/C55H59N5/c1-3-5-7-9-11-14-24-40-26-22-28-42(38-40)53-56-54(43-29-23-27-41(39-43)25-15-12-10-8-6-4-2)58-55(57-53)60-50-35-21-19-33-46(50)48-37-36-47-45-32-18-20-34-49(45)59(51(47)52(48)60)44-30-16-13-17-31-44/h13,16-23,26-39,53H,3-12,14-15,24-25H2,1-2H3,(H,56,57,58). The van der Waals surface area contributed by atoms with Crippen LogP contribution in [-0.4, -0.2) is 20.9 Å². The first-order chi connectivity index (χ1) is 29.7. The number of aryl methyl sites for hydroxylation is 2. The van der Waals surface area contributed by atoms with Crippen LogP contribution >= 0.6 is 0 Å². The van der Waals surface area contributed by atoms with Crippen molar-refractivity contribution in [2.24, 2.45) is 9.98 Å². The van der Waals surface area contributed by atoms with Crippen molar-refractivity contribution in [1.29, 1.82) is 0 Å². The van der Waals surface area contributed by atoms with E-state index in [-0.39, 0.29) is 6.17 Å². The number of rotatable bonds is 17. The number of nitrogens with zero attached hydrogens (tertiary/aromatic N) is 4. The summed E-state index contributed by atoms with van der Waals surface area (Å²) in [7, 11) is 0. The van der Waals surface area contributed by atoms with Crippen LogP contribution in [-0.2, 0) is 12.8 Å². The van der Waals surface area contributed by atoms with Crippen molar-refractivity contribution in [1.82, 2.24) is 14.5 Å². The number of nitrogens with one attached hydrogen (secondary N) is 1. The Morgan fingerprint density at radius 3 is 1.70 bits per heavy atom. The molecule has 0 fully saturated rings. The average Bonchev–Trinajstić information content (AvgIpc) is 3.82. The predicted octanol–water partition coefficient (Wildman–Crippen LogP) is 14.7. The van der Waals surface area contributed by atoms with Gasteiger partial charge in [0.1, 0.15) is 12.0 Å². The average molecular weight is 790 g/mol. The van der Waals surface area contributed by atoms with E-state index in [1.54, 1.807) is 0 Å². The van der Waals surface area contributed by atoms with Gasteiger partial charge >= 0.3 is 0 Å². The molecule has 304 valence electrons. The second-order valence-corrected chi connectivity index (χ2v) is 16.8. The molecule has 0 radical (unpaired) electrons. The van der Waals surface area contributed by atoms with Gasteiger partial charge in [0.25, 0.3) is 0 Å². The first kappa shape index (κ1) is 39.5. The zero-order valence-electron chi connectivity index (χ0n) is 35.5. The summed E-state index contributed by atoms with van der Waals surface area (Å²) in [4.78, 5) is 11.1. The fourth-order valence-corrected chi connectivity index (χ4v) is 9.42. The smallest absolute Gasteiger partial charge is 0.234 e. The van der Waals surface area contributed by atoms with Crippen LogP contribution in [0.4, 0.5) is 0 Å². The van der Waals surface area contributed by atoms with E-state index in [1.807, 2.05) is 0 Å². The van der Waals surface area contributed by atoms with Crippen LogP contribution in [0.1, 0.15) is 119 Å². The Balaban J connectivity index is 1.20. The minimum Gasteiger partial charge on any atom is -0.344 e. The molecule has 8 aromatic rings. The van der Waals surface area contributed by atoms with E-state index >= 15 is 0 Å². The lowest BCUT2D eigenvalue weighted by atomic mass is 10.0. The van der Waals surface area contributed by atoms with E-state index < -0.39 is 0 Å². The Bertz CT molecular complexity index is 2780. The lowest BCUT2D eigenvalue weighted by Crippen LogP contribution is -2.35. The van der Waals surface area contributed by atoms with Gasteiger partial charge in [0.05, 0.1) is 22.1 Å².